The van der Waals surface area contributed by atoms with Crippen LogP contribution in [0.15, 0.2) is 72.8 Å². The van der Waals surface area contributed by atoms with Gasteiger partial charge in [-0.25, -0.2) is 0 Å². The van der Waals surface area contributed by atoms with Crippen LogP contribution >= 0.6 is 0 Å². The molecule has 0 bridgehead atoms. The number of para-hydroxylation sites is 1. The van der Waals surface area contributed by atoms with Gasteiger partial charge in [0, 0.05) is 16.9 Å². The fourth-order valence-corrected chi connectivity index (χ4v) is 3.16. The van der Waals surface area contributed by atoms with Gasteiger partial charge in [0.1, 0.15) is 18.0 Å². The molecule has 10 nitrogen and oxygen atoms in total. The molecule has 3 N–H and O–H groups in total. The van der Waals surface area contributed by atoms with Gasteiger partial charge in [-0.05, 0) is 67.6 Å². The molecule has 0 radical (unpaired) electrons. The van der Waals surface area contributed by atoms with Crippen molar-refractivity contribution in [2.45, 2.75) is 6.92 Å². The molecule has 0 saturated heterocycles. The number of carbonyl (C=O) groups excluding carboxylic acids is 4. The monoisotopic (exact) mass is 505 g/mol. The number of hydrogen-bond acceptors (Lipinski definition) is 7. The molecular weight excluding hydrogens is 478 g/mol. The number of esters is 1. The van der Waals surface area contributed by atoms with Crippen molar-refractivity contribution in [2.24, 2.45) is 0 Å². The molecule has 10 heteroatoms. The first-order valence-electron chi connectivity index (χ1n) is 11.4. The van der Waals surface area contributed by atoms with Crippen LogP contribution in [-0.2, 0) is 14.3 Å². The van der Waals surface area contributed by atoms with Gasteiger partial charge in [0.15, 0.2) is 6.61 Å². The third-order valence-corrected chi connectivity index (χ3v) is 4.97. The average Bonchev–Trinajstić information content (AvgIpc) is 2.92. The van der Waals surface area contributed by atoms with Gasteiger partial charge in [-0.3, -0.25) is 19.2 Å². The molecule has 3 rings (SSSR count). The van der Waals surface area contributed by atoms with Gasteiger partial charge >= 0.3 is 5.97 Å². The lowest BCUT2D eigenvalue weighted by Gasteiger charge is -2.11. The van der Waals surface area contributed by atoms with Gasteiger partial charge in [-0.1, -0.05) is 12.1 Å². The summed E-state index contributed by atoms with van der Waals surface area (Å²) in [5.74, 6) is -1.08. The smallest absolute Gasteiger partial charge is 0.325 e. The Hall–Kier alpha value is -4.86. The fraction of sp³-hybridized carbons (Fsp3) is 0.185. The Balaban J connectivity index is 1.42. The molecular formula is C27H27N3O7. The maximum Gasteiger partial charge on any atom is 0.325 e. The summed E-state index contributed by atoms with van der Waals surface area (Å²) in [4.78, 5) is 48.8. The van der Waals surface area contributed by atoms with Crippen LogP contribution in [0, 0.1) is 0 Å². The molecule has 0 unspecified atom stereocenters. The number of anilines is 2. The number of ether oxygens (including phenoxy) is 3. The first-order chi connectivity index (χ1) is 17.9. The number of benzene rings is 3. The van der Waals surface area contributed by atoms with Gasteiger partial charge in [-0.2, -0.15) is 0 Å². The lowest BCUT2D eigenvalue weighted by Crippen LogP contribution is -2.32. The SMILES string of the molecule is CCOc1ccccc1C(=O)NCC(=O)OCC(=O)Nc1ccc(C(=O)Nc2ccc(OC)cc2)cc1. The third kappa shape index (κ3) is 8.10. The van der Waals surface area contributed by atoms with Crippen LogP contribution in [0.4, 0.5) is 11.4 Å². The van der Waals surface area contributed by atoms with E-state index in [1.165, 1.54) is 0 Å². The molecule has 0 aliphatic carbocycles. The van der Waals surface area contributed by atoms with Crippen LogP contribution in [0.3, 0.4) is 0 Å². The number of rotatable bonds is 11. The molecule has 37 heavy (non-hydrogen) atoms. The second kappa shape index (κ2) is 13.3. The fourth-order valence-electron chi connectivity index (χ4n) is 3.16. The molecule has 3 amide bonds. The lowest BCUT2D eigenvalue weighted by atomic mass is 10.2. The van der Waals surface area contributed by atoms with Crippen LogP contribution in [0.25, 0.3) is 0 Å². The van der Waals surface area contributed by atoms with Gasteiger partial charge in [-0.15, -0.1) is 0 Å². The minimum Gasteiger partial charge on any atom is -0.497 e. The van der Waals surface area contributed by atoms with Crippen molar-refractivity contribution < 1.29 is 33.4 Å². The first-order valence-corrected chi connectivity index (χ1v) is 11.4. The number of nitrogens with one attached hydrogen (secondary N) is 3. The van der Waals surface area contributed by atoms with E-state index in [1.54, 1.807) is 86.8 Å². The van der Waals surface area contributed by atoms with Crippen LogP contribution in [-0.4, -0.2) is 50.6 Å². The summed E-state index contributed by atoms with van der Waals surface area (Å²) >= 11 is 0. The molecule has 192 valence electrons. The normalized spacial score (nSPS) is 10.1. The predicted molar refractivity (Wildman–Crippen MR) is 137 cm³/mol. The molecule has 3 aromatic carbocycles. The van der Waals surface area contributed by atoms with Gasteiger partial charge in [0.25, 0.3) is 17.7 Å². The first kappa shape index (κ1) is 26.7. The van der Waals surface area contributed by atoms with E-state index in [4.69, 9.17) is 14.2 Å². The van der Waals surface area contributed by atoms with E-state index in [2.05, 4.69) is 16.0 Å². The van der Waals surface area contributed by atoms with Gasteiger partial charge in [0.2, 0.25) is 0 Å². The maximum atomic E-state index is 12.4. The number of hydrogen-bond donors (Lipinski definition) is 3. The minimum atomic E-state index is -0.775. The van der Waals surface area contributed by atoms with Crippen molar-refractivity contribution in [1.82, 2.24) is 5.32 Å². The summed E-state index contributed by atoms with van der Waals surface area (Å²) in [6, 6.07) is 19.8. The van der Waals surface area contributed by atoms with E-state index in [0.29, 0.717) is 35.0 Å². The highest BCUT2D eigenvalue weighted by Gasteiger charge is 2.14. The molecule has 3 aromatic rings. The zero-order valence-electron chi connectivity index (χ0n) is 20.4. The van der Waals surface area contributed by atoms with E-state index < -0.39 is 30.9 Å². The lowest BCUT2D eigenvalue weighted by molar-refractivity contribution is -0.146. The summed E-state index contributed by atoms with van der Waals surface area (Å²) in [6.07, 6.45) is 0. The zero-order chi connectivity index (χ0) is 26.6. The Kier molecular flexibility index (Phi) is 9.60. The molecule has 0 aliphatic rings. The summed E-state index contributed by atoms with van der Waals surface area (Å²) in [5, 5.41) is 7.78. The van der Waals surface area contributed by atoms with Crippen molar-refractivity contribution in [3.63, 3.8) is 0 Å². The van der Waals surface area contributed by atoms with Crippen molar-refractivity contribution in [2.75, 3.05) is 37.5 Å². The van der Waals surface area contributed by atoms with Crippen LogP contribution in [0.2, 0.25) is 0 Å². The summed E-state index contributed by atoms with van der Waals surface area (Å²) in [5.41, 5.74) is 1.71. The Morgan fingerprint density at radius 3 is 2.11 bits per heavy atom. The molecule has 0 heterocycles. The number of amides is 3. The minimum absolute atomic E-state index is 0.288. The van der Waals surface area contributed by atoms with E-state index in [-0.39, 0.29) is 11.5 Å². The highest BCUT2D eigenvalue weighted by molar-refractivity contribution is 6.04. The standard InChI is InChI=1S/C27H27N3O7/c1-3-36-23-7-5-4-6-22(23)27(34)28-16-25(32)37-17-24(31)29-19-10-8-18(9-11-19)26(33)30-20-12-14-21(35-2)15-13-20/h4-15H,3,16-17H2,1-2H3,(H,28,34)(H,29,31)(H,30,33). The van der Waals surface area contributed by atoms with E-state index in [0.717, 1.165) is 0 Å². The second-order valence-corrected chi connectivity index (χ2v) is 7.58. The third-order valence-electron chi connectivity index (χ3n) is 4.97. The van der Waals surface area contributed by atoms with Crippen LogP contribution in [0.5, 0.6) is 11.5 Å². The van der Waals surface area contributed by atoms with Crippen LogP contribution in [0.1, 0.15) is 27.6 Å². The van der Waals surface area contributed by atoms with E-state index >= 15 is 0 Å². The summed E-state index contributed by atoms with van der Waals surface area (Å²) < 4.78 is 15.4. The number of methoxy groups -OCH3 is 1. The van der Waals surface area contributed by atoms with Gasteiger partial charge in [0.05, 0.1) is 19.3 Å². The van der Waals surface area contributed by atoms with Crippen LogP contribution < -0.4 is 25.4 Å². The molecule has 0 fully saturated rings. The van der Waals surface area contributed by atoms with Crippen molar-refractivity contribution in [3.05, 3.63) is 83.9 Å². The maximum absolute atomic E-state index is 12.4. The topological polar surface area (TPSA) is 132 Å². The zero-order valence-corrected chi connectivity index (χ0v) is 20.4. The van der Waals surface area contributed by atoms with Crippen molar-refractivity contribution in [3.8, 4) is 11.5 Å². The van der Waals surface area contributed by atoms with E-state index in [9.17, 15) is 19.2 Å². The van der Waals surface area contributed by atoms with Crippen molar-refractivity contribution in [1.29, 1.82) is 0 Å². The Bertz CT molecular complexity index is 1240. The molecule has 0 spiro atoms. The largest absolute Gasteiger partial charge is 0.497 e. The summed E-state index contributed by atoms with van der Waals surface area (Å²) in [6.45, 7) is 1.24. The summed E-state index contributed by atoms with van der Waals surface area (Å²) in [7, 11) is 1.56. The van der Waals surface area contributed by atoms with Crippen molar-refractivity contribution >= 4 is 35.1 Å². The molecule has 0 aliphatic heterocycles. The Labute approximate surface area is 213 Å². The Morgan fingerprint density at radius 1 is 0.784 bits per heavy atom. The highest BCUT2D eigenvalue weighted by Crippen LogP contribution is 2.18. The molecule has 0 atom stereocenters. The van der Waals surface area contributed by atoms with Gasteiger partial charge < -0.3 is 30.2 Å². The molecule has 0 aromatic heterocycles. The number of carbonyl (C=O) groups is 4. The molecule has 0 saturated carbocycles. The predicted octanol–water partition coefficient (Wildman–Crippen LogP) is 3.26. The second-order valence-electron chi connectivity index (χ2n) is 7.58. The van der Waals surface area contributed by atoms with E-state index in [1.807, 2.05) is 0 Å². The Morgan fingerprint density at radius 2 is 1.43 bits per heavy atom. The average molecular weight is 506 g/mol. The highest BCUT2D eigenvalue weighted by atomic mass is 16.5. The quantitative estimate of drug-likeness (QED) is 0.341.